The van der Waals surface area contributed by atoms with Crippen molar-refractivity contribution in [1.82, 2.24) is 0 Å². The molecule has 0 bridgehead atoms. The molecule has 1 aromatic rings. The summed E-state index contributed by atoms with van der Waals surface area (Å²) in [5.41, 5.74) is 5.64. The third-order valence-electron chi connectivity index (χ3n) is 2.13. The Bertz CT molecular complexity index is 414. The van der Waals surface area contributed by atoms with Crippen LogP contribution in [0.25, 0.3) is 0 Å². The molecule has 0 saturated carbocycles. The molecule has 0 radical (unpaired) electrons. The Kier molecular flexibility index (Phi) is 4.31. The molecular weight excluding hydrogens is 278 g/mol. The van der Waals surface area contributed by atoms with Gasteiger partial charge in [0.1, 0.15) is 0 Å². The summed E-state index contributed by atoms with van der Waals surface area (Å²) in [5, 5.41) is 0. The second-order valence-electron chi connectivity index (χ2n) is 3.40. The van der Waals surface area contributed by atoms with Gasteiger partial charge >= 0.3 is 0 Å². The predicted molar refractivity (Wildman–Crippen MR) is 64.5 cm³/mol. The summed E-state index contributed by atoms with van der Waals surface area (Å²) < 4.78 is 24.5. The topological polar surface area (TPSA) is 60.2 Å². The fourth-order valence-electron chi connectivity index (χ4n) is 1.14. The van der Waals surface area contributed by atoms with E-state index in [2.05, 4.69) is 15.9 Å². The van der Waals surface area contributed by atoms with E-state index in [-0.39, 0.29) is 11.8 Å². The van der Waals surface area contributed by atoms with E-state index in [1.807, 2.05) is 6.92 Å². The first-order valence-corrected chi connectivity index (χ1v) is 7.14. The van der Waals surface area contributed by atoms with Crippen LogP contribution in [0.4, 0.5) is 0 Å². The lowest BCUT2D eigenvalue weighted by atomic mass is 10.3. The van der Waals surface area contributed by atoms with E-state index in [1.54, 1.807) is 24.3 Å². The molecule has 0 fully saturated rings. The van der Waals surface area contributed by atoms with Gasteiger partial charge in [0.05, 0.1) is 10.6 Å². The Hall–Kier alpha value is -0.390. The van der Waals surface area contributed by atoms with Gasteiger partial charge in [-0.15, -0.1) is 0 Å². The minimum atomic E-state index is -3.23. The third kappa shape index (κ3) is 3.59. The molecule has 1 rings (SSSR count). The quantitative estimate of drug-likeness (QED) is 0.923. The number of rotatable bonds is 4. The number of nitrogens with two attached hydrogens (primary N) is 1. The average molecular weight is 292 g/mol. The first kappa shape index (κ1) is 12.7. The standard InChI is InChI=1S/C10H14BrNO2S/c1-2-9(12)7-15(13,14)10-5-3-8(11)4-6-10/h3-6,9H,2,7,12H2,1H3. The average Bonchev–Trinajstić information content (AvgIpc) is 2.17. The van der Waals surface area contributed by atoms with Crippen molar-refractivity contribution < 1.29 is 8.42 Å². The molecule has 0 spiro atoms. The zero-order valence-electron chi connectivity index (χ0n) is 8.48. The van der Waals surface area contributed by atoms with Crippen molar-refractivity contribution in [2.45, 2.75) is 24.3 Å². The first-order chi connectivity index (χ1) is 6.95. The normalized spacial score (nSPS) is 13.8. The highest BCUT2D eigenvalue weighted by atomic mass is 79.9. The molecule has 84 valence electrons. The van der Waals surface area contributed by atoms with Gasteiger partial charge in [-0.2, -0.15) is 0 Å². The molecule has 0 heterocycles. The highest BCUT2D eigenvalue weighted by molar-refractivity contribution is 9.10. The Morgan fingerprint density at radius 1 is 1.33 bits per heavy atom. The van der Waals surface area contributed by atoms with E-state index in [0.29, 0.717) is 11.3 Å². The molecule has 1 aromatic carbocycles. The maximum Gasteiger partial charge on any atom is 0.179 e. The Morgan fingerprint density at radius 2 is 1.87 bits per heavy atom. The van der Waals surface area contributed by atoms with Gasteiger partial charge < -0.3 is 5.73 Å². The van der Waals surface area contributed by atoms with Crippen LogP contribution >= 0.6 is 15.9 Å². The second-order valence-corrected chi connectivity index (χ2v) is 6.35. The van der Waals surface area contributed by atoms with Crippen molar-refractivity contribution in [1.29, 1.82) is 0 Å². The van der Waals surface area contributed by atoms with Crippen LogP contribution in [0.15, 0.2) is 33.6 Å². The fourth-order valence-corrected chi connectivity index (χ4v) is 2.94. The number of sulfone groups is 1. The van der Waals surface area contributed by atoms with Gasteiger partial charge in [-0.05, 0) is 30.7 Å². The van der Waals surface area contributed by atoms with E-state index >= 15 is 0 Å². The van der Waals surface area contributed by atoms with E-state index in [9.17, 15) is 8.42 Å². The summed E-state index contributed by atoms with van der Waals surface area (Å²) in [4.78, 5) is 0.328. The Balaban J connectivity index is 2.91. The smallest absolute Gasteiger partial charge is 0.179 e. The van der Waals surface area contributed by atoms with Gasteiger partial charge in [-0.3, -0.25) is 0 Å². The van der Waals surface area contributed by atoms with Gasteiger partial charge in [0, 0.05) is 10.5 Å². The van der Waals surface area contributed by atoms with E-state index in [0.717, 1.165) is 4.47 Å². The van der Waals surface area contributed by atoms with E-state index in [1.165, 1.54) is 0 Å². The SMILES string of the molecule is CCC(N)CS(=O)(=O)c1ccc(Br)cc1. The molecular formula is C10H14BrNO2S. The summed E-state index contributed by atoms with van der Waals surface area (Å²) in [5.74, 6) is 0.00509. The van der Waals surface area contributed by atoms with E-state index < -0.39 is 9.84 Å². The van der Waals surface area contributed by atoms with Crippen LogP contribution < -0.4 is 5.73 Å². The molecule has 1 atom stereocenters. The lowest BCUT2D eigenvalue weighted by molar-refractivity contribution is 0.584. The van der Waals surface area contributed by atoms with Crippen molar-refractivity contribution in [3.63, 3.8) is 0 Å². The molecule has 3 nitrogen and oxygen atoms in total. The van der Waals surface area contributed by atoms with Gasteiger partial charge in [-0.25, -0.2) is 8.42 Å². The zero-order chi connectivity index (χ0) is 11.5. The number of benzene rings is 1. The lowest BCUT2D eigenvalue weighted by Gasteiger charge is -2.09. The monoisotopic (exact) mass is 291 g/mol. The molecule has 0 aliphatic carbocycles. The summed E-state index contributed by atoms with van der Waals surface area (Å²) in [7, 11) is -3.23. The van der Waals surface area contributed by atoms with Gasteiger partial charge in [0.2, 0.25) is 0 Å². The van der Waals surface area contributed by atoms with Crippen LogP contribution in [0.5, 0.6) is 0 Å². The number of hydrogen-bond acceptors (Lipinski definition) is 3. The lowest BCUT2D eigenvalue weighted by Crippen LogP contribution is -2.28. The third-order valence-corrected chi connectivity index (χ3v) is 4.52. The molecule has 0 aliphatic heterocycles. The maximum absolute atomic E-state index is 11.8. The fraction of sp³-hybridized carbons (Fsp3) is 0.400. The molecule has 0 aromatic heterocycles. The van der Waals surface area contributed by atoms with Crippen LogP contribution in [0.1, 0.15) is 13.3 Å². The molecule has 5 heteroatoms. The number of hydrogen-bond donors (Lipinski definition) is 1. The predicted octanol–water partition coefficient (Wildman–Crippen LogP) is 1.96. The maximum atomic E-state index is 11.8. The van der Waals surface area contributed by atoms with Gasteiger partial charge in [-0.1, -0.05) is 22.9 Å². The van der Waals surface area contributed by atoms with Gasteiger partial charge in [0.15, 0.2) is 9.84 Å². The summed E-state index contributed by atoms with van der Waals surface area (Å²) in [6.07, 6.45) is 0.662. The summed E-state index contributed by atoms with van der Waals surface area (Å²) in [6.45, 7) is 1.88. The van der Waals surface area contributed by atoms with Crippen molar-refractivity contribution >= 4 is 25.8 Å². The molecule has 2 N–H and O–H groups in total. The van der Waals surface area contributed by atoms with Crippen LogP contribution in [0, 0.1) is 0 Å². The zero-order valence-corrected chi connectivity index (χ0v) is 10.9. The second kappa shape index (κ2) is 5.09. The van der Waals surface area contributed by atoms with Crippen LogP contribution in [-0.4, -0.2) is 20.2 Å². The number of halogens is 1. The summed E-state index contributed by atoms with van der Waals surface area (Å²) in [6, 6.07) is 6.30. The van der Waals surface area contributed by atoms with Crippen molar-refractivity contribution in [3.8, 4) is 0 Å². The molecule has 0 amide bonds. The highest BCUT2D eigenvalue weighted by Gasteiger charge is 2.17. The minimum Gasteiger partial charge on any atom is -0.327 e. The van der Waals surface area contributed by atoms with E-state index in [4.69, 9.17) is 5.73 Å². The molecule has 1 unspecified atom stereocenters. The molecule has 0 saturated heterocycles. The minimum absolute atomic E-state index is 0.00509. The Labute approximate surface area is 98.7 Å². The molecule has 15 heavy (non-hydrogen) atoms. The van der Waals surface area contributed by atoms with Crippen molar-refractivity contribution in [3.05, 3.63) is 28.7 Å². The van der Waals surface area contributed by atoms with Crippen LogP contribution in [0.3, 0.4) is 0 Å². The first-order valence-electron chi connectivity index (χ1n) is 4.69. The molecule has 0 aliphatic rings. The van der Waals surface area contributed by atoms with Crippen LogP contribution in [0.2, 0.25) is 0 Å². The van der Waals surface area contributed by atoms with Crippen molar-refractivity contribution in [2.24, 2.45) is 5.73 Å². The van der Waals surface area contributed by atoms with Crippen molar-refractivity contribution in [2.75, 3.05) is 5.75 Å². The Morgan fingerprint density at radius 3 is 2.33 bits per heavy atom. The van der Waals surface area contributed by atoms with Crippen LogP contribution in [-0.2, 0) is 9.84 Å². The van der Waals surface area contributed by atoms with Gasteiger partial charge in [0.25, 0.3) is 0 Å². The largest absolute Gasteiger partial charge is 0.327 e. The summed E-state index contributed by atoms with van der Waals surface area (Å²) >= 11 is 3.26. The highest BCUT2D eigenvalue weighted by Crippen LogP contribution is 2.16.